The maximum atomic E-state index is 12.5. The van der Waals surface area contributed by atoms with Crippen molar-refractivity contribution < 1.29 is 14.7 Å². The smallest absolute Gasteiger partial charge is 0.311 e. The molecule has 0 spiro atoms. The summed E-state index contributed by atoms with van der Waals surface area (Å²) in [5, 5.41) is 13.1. The van der Waals surface area contributed by atoms with E-state index in [1.54, 1.807) is 24.3 Å². The van der Waals surface area contributed by atoms with Crippen LogP contribution in [0.3, 0.4) is 0 Å². The number of amides is 1. The van der Waals surface area contributed by atoms with Crippen molar-refractivity contribution in [1.29, 1.82) is 0 Å². The Balaban J connectivity index is 1.68. The van der Waals surface area contributed by atoms with Gasteiger partial charge >= 0.3 is 5.97 Å². The number of nitrogens with zero attached hydrogens (tertiary/aromatic N) is 1. The number of rotatable bonds is 4. The highest BCUT2D eigenvalue weighted by molar-refractivity contribution is 6.30. The predicted octanol–water partition coefficient (Wildman–Crippen LogP) is 2.85. The summed E-state index contributed by atoms with van der Waals surface area (Å²) in [4.78, 5) is 26.2. The minimum atomic E-state index is -0.718. The number of hydrogen-bond acceptors (Lipinski definition) is 3. The molecule has 1 aliphatic carbocycles. The topological polar surface area (TPSA) is 69.6 Å². The number of nitrogens with one attached hydrogen (secondary N) is 1. The highest BCUT2D eigenvalue weighted by Gasteiger charge is 2.55. The van der Waals surface area contributed by atoms with Crippen LogP contribution in [0.2, 0.25) is 5.02 Å². The van der Waals surface area contributed by atoms with Crippen LogP contribution >= 0.6 is 11.6 Å². The minimum Gasteiger partial charge on any atom is -0.481 e. The lowest BCUT2D eigenvalue weighted by Crippen LogP contribution is -2.43. The maximum Gasteiger partial charge on any atom is 0.311 e. The van der Waals surface area contributed by atoms with Gasteiger partial charge in [0.1, 0.15) is 0 Å². The molecule has 1 heterocycles. The van der Waals surface area contributed by atoms with Gasteiger partial charge in [0.2, 0.25) is 5.91 Å². The summed E-state index contributed by atoms with van der Waals surface area (Å²) >= 11 is 5.93. The van der Waals surface area contributed by atoms with Crippen molar-refractivity contribution in [1.82, 2.24) is 4.90 Å². The monoisotopic (exact) mass is 336 g/mol. The summed E-state index contributed by atoms with van der Waals surface area (Å²) in [6.45, 7) is 2.96. The lowest BCUT2D eigenvalue weighted by Gasteiger charge is -2.26. The third-order valence-corrected chi connectivity index (χ3v) is 5.58. The molecule has 0 aromatic heterocycles. The molecule has 2 aliphatic rings. The first-order valence-electron chi connectivity index (χ1n) is 7.96. The number of benzene rings is 1. The van der Waals surface area contributed by atoms with E-state index < -0.39 is 11.4 Å². The van der Waals surface area contributed by atoms with E-state index in [2.05, 4.69) is 5.32 Å². The Bertz CT molecular complexity index is 636. The number of likely N-dealkylation sites (tertiary alicyclic amines) is 1. The van der Waals surface area contributed by atoms with Gasteiger partial charge in [0.05, 0.1) is 11.5 Å². The molecule has 0 radical (unpaired) electrons. The van der Waals surface area contributed by atoms with Gasteiger partial charge in [0.25, 0.3) is 0 Å². The summed E-state index contributed by atoms with van der Waals surface area (Å²) in [5.41, 5.74) is -0.00777. The van der Waals surface area contributed by atoms with Crippen LogP contribution in [0.15, 0.2) is 24.3 Å². The Morgan fingerprint density at radius 3 is 2.91 bits per heavy atom. The second-order valence-corrected chi connectivity index (χ2v) is 7.09. The van der Waals surface area contributed by atoms with Crippen molar-refractivity contribution in [3.8, 4) is 0 Å². The molecule has 1 unspecified atom stereocenters. The fraction of sp³-hybridized carbons (Fsp3) is 0.529. The van der Waals surface area contributed by atoms with E-state index in [1.807, 2.05) is 11.8 Å². The van der Waals surface area contributed by atoms with Gasteiger partial charge in [-0.15, -0.1) is 0 Å². The van der Waals surface area contributed by atoms with Crippen molar-refractivity contribution in [2.45, 2.75) is 32.2 Å². The molecule has 1 saturated heterocycles. The third kappa shape index (κ3) is 2.95. The Morgan fingerprint density at radius 1 is 1.48 bits per heavy atom. The van der Waals surface area contributed by atoms with Gasteiger partial charge in [-0.05, 0) is 43.9 Å². The summed E-state index contributed by atoms with van der Waals surface area (Å²) < 4.78 is 0. The summed E-state index contributed by atoms with van der Waals surface area (Å²) in [7, 11) is 0. The fourth-order valence-corrected chi connectivity index (χ4v) is 4.14. The number of anilines is 1. The quantitative estimate of drug-likeness (QED) is 0.887. The number of carboxylic acids is 1. The molecule has 3 atom stereocenters. The summed E-state index contributed by atoms with van der Waals surface area (Å²) in [6.07, 6.45) is 2.62. The zero-order valence-electron chi connectivity index (χ0n) is 13.1. The normalized spacial score (nSPS) is 28.3. The molecule has 23 heavy (non-hydrogen) atoms. The minimum absolute atomic E-state index is 0.132. The van der Waals surface area contributed by atoms with E-state index >= 15 is 0 Å². The molecule has 1 saturated carbocycles. The summed E-state index contributed by atoms with van der Waals surface area (Å²) in [5.74, 6) is -0.695. The number of carbonyl (C=O) groups is 2. The van der Waals surface area contributed by atoms with Crippen LogP contribution in [-0.2, 0) is 9.59 Å². The molecule has 1 aromatic carbocycles. The predicted molar refractivity (Wildman–Crippen MR) is 88.5 cm³/mol. The van der Waals surface area contributed by atoms with E-state index in [0.717, 1.165) is 12.8 Å². The molecule has 3 rings (SSSR count). The lowest BCUT2D eigenvalue weighted by molar-refractivity contribution is -0.149. The largest absolute Gasteiger partial charge is 0.481 e. The van der Waals surface area contributed by atoms with Crippen LogP contribution < -0.4 is 5.32 Å². The first kappa shape index (κ1) is 16.3. The van der Waals surface area contributed by atoms with Crippen LogP contribution in [0.5, 0.6) is 0 Å². The van der Waals surface area contributed by atoms with E-state index in [4.69, 9.17) is 11.6 Å². The van der Waals surface area contributed by atoms with E-state index in [-0.39, 0.29) is 17.9 Å². The number of carbonyl (C=O) groups excluding carboxylic acids is 1. The number of aliphatic carboxylic acids is 1. The Labute approximate surface area is 140 Å². The van der Waals surface area contributed by atoms with Gasteiger partial charge in [-0.2, -0.15) is 0 Å². The lowest BCUT2D eigenvalue weighted by atomic mass is 9.81. The Hall–Kier alpha value is -1.59. The third-order valence-electron chi connectivity index (χ3n) is 5.34. The van der Waals surface area contributed by atoms with Gasteiger partial charge in [0.15, 0.2) is 0 Å². The molecule has 1 aliphatic heterocycles. The van der Waals surface area contributed by atoms with Crippen molar-refractivity contribution >= 4 is 29.2 Å². The fourth-order valence-electron chi connectivity index (χ4n) is 3.95. The van der Waals surface area contributed by atoms with Crippen molar-refractivity contribution in [2.75, 3.05) is 18.4 Å². The molecular weight excluding hydrogens is 316 g/mol. The second kappa shape index (κ2) is 6.13. The molecule has 124 valence electrons. The van der Waals surface area contributed by atoms with Gasteiger partial charge in [-0.25, -0.2) is 0 Å². The average Bonchev–Trinajstić information content (AvgIpc) is 3.04. The molecule has 1 amide bonds. The molecule has 6 heteroatoms. The Morgan fingerprint density at radius 2 is 2.26 bits per heavy atom. The van der Waals surface area contributed by atoms with Crippen molar-refractivity contribution in [2.24, 2.45) is 11.3 Å². The number of carboxylic acid groups (broad SMARTS) is 1. The maximum absolute atomic E-state index is 12.5. The molecular formula is C17H21ClN2O3. The first-order chi connectivity index (χ1) is 10.9. The van der Waals surface area contributed by atoms with Crippen LogP contribution in [0.4, 0.5) is 5.69 Å². The van der Waals surface area contributed by atoms with E-state index in [1.165, 1.54) is 0 Å². The van der Waals surface area contributed by atoms with Crippen LogP contribution in [-0.4, -0.2) is 41.0 Å². The second-order valence-electron chi connectivity index (χ2n) is 6.66. The molecule has 1 aromatic rings. The van der Waals surface area contributed by atoms with Gasteiger partial charge in [-0.3, -0.25) is 14.5 Å². The highest BCUT2D eigenvalue weighted by atomic mass is 35.5. The zero-order valence-corrected chi connectivity index (χ0v) is 13.8. The highest BCUT2D eigenvalue weighted by Crippen LogP contribution is 2.49. The van der Waals surface area contributed by atoms with E-state index in [9.17, 15) is 14.7 Å². The average molecular weight is 337 g/mol. The van der Waals surface area contributed by atoms with Gasteiger partial charge in [-0.1, -0.05) is 24.1 Å². The number of halogens is 1. The molecule has 2 N–H and O–H groups in total. The number of fused-ring (bicyclic) bond motifs is 1. The summed E-state index contributed by atoms with van der Waals surface area (Å²) in [6, 6.07) is 6.65. The zero-order chi connectivity index (χ0) is 16.6. The van der Waals surface area contributed by atoms with E-state index in [0.29, 0.717) is 30.2 Å². The first-order valence-corrected chi connectivity index (χ1v) is 8.34. The van der Waals surface area contributed by atoms with Crippen molar-refractivity contribution in [3.05, 3.63) is 29.3 Å². The van der Waals surface area contributed by atoms with Gasteiger partial charge in [0, 0.05) is 23.8 Å². The number of hydrogen-bond donors (Lipinski definition) is 2. The van der Waals surface area contributed by atoms with Crippen LogP contribution in [0.25, 0.3) is 0 Å². The van der Waals surface area contributed by atoms with Gasteiger partial charge < -0.3 is 10.4 Å². The van der Waals surface area contributed by atoms with Crippen LogP contribution in [0, 0.1) is 11.3 Å². The Kier molecular flexibility index (Phi) is 4.34. The van der Waals surface area contributed by atoms with Crippen LogP contribution in [0.1, 0.15) is 26.2 Å². The standard InChI is InChI=1S/C17H21ClN2O3/c1-11(15(21)19-14-6-2-5-13(18)8-14)20-9-12-4-3-7-17(12,10-20)16(22)23/h2,5-6,8,11-12H,3-4,7,9-10H2,1H3,(H,19,21)(H,22,23)/t11?,12-,17+/m0/s1. The van der Waals surface area contributed by atoms with Crippen molar-refractivity contribution in [3.63, 3.8) is 0 Å². The SMILES string of the molecule is CC(C(=O)Nc1cccc(Cl)c1)N1C[C@@H]2CCC[C@@]2(C(=O)O)C1. The molecule has 2 fully saturated rings. The molecule has 5 nitrogen and oxygen atoms in total. The molecule has 0 bridgehead atoms.